The van der Waals surface area contributed by atoms with E-state index in [1.807, 2.05) is 0 Å². The van der Waals surface area contributed by atoms with Crippen LogP contribution in [0, 0.1) is 5.92 Å². The number of nitrogens with one attached hydrogen (secondary N) is 2. The molecule has 2 aliphatic heterocycles. The first kappa shape index (κ1) is 25.4. The van der Waals surface area contributed by atoms with Crippen LogP contribution in [0.2, 0.25) is 0 Å². The molecule has 0 radical (unpaired) electrons. The fourth-order valence-corrected chi connectivity index (χ4v) is 5.45. The van der Waals surface area contributed by atoms with E-state index in [0.717, 1.165) is 0 Å². The van der Waals surface area contributed by atoms with Crippen molar-refractivity contribution in [3.05, 3.63) is 29.3 Å². The Morgan fingerprint density at radius 3 is 2.54 bits per heavy atom. The molecule has 11 heteroatoms. The molecule has 192 valence electrons. The predicted molar refractivity (Wildman–Crippen MR) is 121 cm³/mol. The lowest BCUT2D eigenvalue weighted by Gasteiger charge is -2.39. The standard InChI is InChI=1S/C24H31F3N4O4/c25-24(26,27)11-8-17(14-6-9-23(35,13-28)10-7-14)29-18-3-1-2-15-16(18)12-31(22(15)34)19-4-5-20(32)30-21(19)33/h1-3,14,17,19,29,35H,4-13,28H2,(H,30,32,33)/t14?,17-,19-,23?/m1/s1. The number of hydrogen-bond acceptors (Lipinski definition) is 6. The lowest BCUT2D eigenvalue weighted by molar-refractivity contribution is -0.138. The van der Waals surface area contributed by atoms with Crippen LogP contribution in [-0.2, 0) is 16.1 Å². The molecule has 1 saturated heterocycles. The summed E-state index contributed by atoms with van der Waals surface area (Å²) in [6, 6.07) is 3.77. The summed E-state index contributed by atoms with van der Waals surface area (Å²) in [6.07, 6.45) is -3.09. The summed E-state index contributed by atoms with van der Waals surface area (Å²) >= 11 is 0. The molecule has 1 aromatic carbocycles. The summed E-state index contributed by atoms with van der Waals surface area (Å²) in [6.45, 7) is 0.248. The number of rotatable bonds is 7. The van der Waals surface area contributed by atoms with Crippen LogP contribution in [0.25, 0.3) is 0 Å². The van der Waals surface area contributed by atoms with E-state index in [4.69, 9.17) is 5.73 Å². The number of alkyl halides is 3. The number of hydrogen-bond donors (Lipinski definition) is 4. The zero-order valence-electron chi connectivity index (χ0n) is 19.4. The highest BCUT2D eigenvalue weighted by molar-refractivity contribution is 6.06. The zero-order valence-corrected chi connectivity index (χ0v) is 19.4. The summed E-state index contributed by atoms with van der Waals surface area (Å²) in [5.74, 6) is -1.33. The second-order valence-corrected chi connectivity index (χ2v) is 9.90. The van der Waals surface area contributed by atoms with Crippen molar-refractivity contribution in [1.29, 1.82) is 0 Å². The maximum absolute atomic E-state index is 13.1. The largest absolute Gasteiger partial charge is 0.389 e. The minimum atomic E-state index is -4.30. The van der Waals surface area contributed by atoms with Gasteiger partial charge in [-0.1, -0.05) is 6.07 Å². The van der Waals surface area contributed by atoms with Gasteiger partial charge in [-0.15, -0.1) is 0 Å². The highest BCUT2D eigenvalue weighted by atomic mass is 19.4. The van der Waals surface area contributed by atoms with Gasteiger partial charge in [-0.25, -0.2) is 0 Å². The van der Waals surface area contributed by atoms with Gasteiger partial charge in [0.25, 0.3) is 5.91 Å². The Hall–Kier alpha value is -2.66. The molecule has 0 unspecified atom stereocenters. The molecule has 1 aliphatic carbocycles. The van der Waals surface area contributed by atoms with Gasteiger partial charge in [-0.2, -0.15) is 13.2 Å². The topological polar surface area (TPSA) is 125 Å². The number of amides is 3. The summed E-state index contributed by atoms with van der Waals surface area (Å²) in [5.41, 5.74) is 6.29. The Labute approximate surface area is 201 Å². The molecule has 1 aromatic rings. The van der Waals surface area contributed by atoms with Crippen LogP contribution < -0.4 is 16.4 Å². The highest BCUT2D eigenvalue weighted by Crippen LogP contribution is 2.39. The van der Waals surface area contributed by atoms with Crippen LogP contribution >= 0.6 is 0 Å². The van der Waals surface area contributed by atoms with Crippen LogP contribution in [0.4, 0.5) is 18.9 Å². The lowest BCUT2D eigenvalue weighted by atomic mass is 9.75. The predicted octanol–water partition coefficient (Wildman–Crippen LogP) is 2.45. The average molecular weight is 497 g/mol. The maximum Gasteiger partial charge on any atom is 0.389 e. The van der Waals surface area contributed by atoms with Crippen LogP contribution in [0.15, 0.2) is 18.2 Å². The monoisotopic (exact) mass is 496 g/mol. The van der Waals surface area contributed by atoms with E-state index in [-0.39, 0.29) is 50.1 Å². The van der Waals surface area contributed by atoms with Gasteiger partial charge in [0.1, 0.15) is 6.04 Å². The molecular weight excluding hydrogens is 465 g/mol. The number of benzene rings is 1. The highest BCUT2D eigenvalue weighted by Gasteiger charge is 2.41. The molecule has 3 aliphatic rings. The van der Waals surface area contributed by atoms with Crippen LogP contribution in [0.1, 0.15) is 67.3 Å². The molecule has 0 aromatic heterocycles. The van der Waals surface area contributed by atoms with Crippen molar-refractivity contribution < 1.29 is 32.7 Å². The van der Waals surface area contributed by atoms with Gasteiger partial charge < -0.3 is 21.1 Å². The molecule has 2 heterocycles. The molecule has 1 saturated carbocycles. The van der Waals surface area contributed by atoms with Crippen molar-refractivity contribution in [2.75, 3.05) is 11.9 Å². The first-order chi connectivity index (χ1) is 16.5. The third-order valence-electron chi connectivity index (χ3n) is 7.57. The summed E-state index contributed by atoms with van der Waals surface area (Å²) in [4.78, 5) is 38.3. The van der Waals surface area contributed by atoms with Crippen molar-refractivity contribution in [1.82, 2.24) is 10.2 Å². The first-order valence-corrected chi connectivity index (χ1v) is 12.0. The Kier molecular flexibility index (Phi) is 7.10. The van der Waals surface area contributed by atoms with Crippen molar-refractivity contribution in [2.45, 2.75) is 81.8 Å². The molecule has 5 N–H and O–H groups in total. The fourth-order valence-electron chi connectivity index (χ4n) is 5.45. The molecular formula is C24H31F3N4O4. The number of aliphatic hydroxyl groups is 1. The molecule has 2 atom stereocenters. The Bertz CT molecular complexity index is 991. The first-order valence-electron chi connectivity index (χ1n) is 12.0. The zero-order chi connectivity index (χ0) is 25.4. The number of imide groups is 1. The number of nitrogens with two attached hydrogens (primary N) is 1. The van der Waals surface area contributed by atoms with Gasteiger partial charge in [0.05, 0.1) is 5.60 Å². The normalized spacial score (nSPS) is 28.0. The molecule has 4 rings (SSSR count). The minimum absolute atomic E-state index is 0.0941. The number of anilines is 1. The van der Waals surface area contributed by atoms with E-state index in [1.54, 1.807) is 18.2 Å². The number of piperidine rings is 1. The van der Waals surface area contributed by atoms with Crippen LogP contribution in [0.5, 0.6) is 0 Å². The fraction of sp³-hybridized carbons (Fsp3) is 0.625. The van der Waals surface area contributed by atoms with Gasteiger partial charge in [-0.3, -0.25) is 19.7 Å². The van der Waals surface area contributed by atoms with E-state index in [9.17, 15) is 32.7 Å². The third-order valence-corrected chi connectivity index (χ3v) is 7.57. The van der Waals surface area contributed by atoms with Crippen molar-refractivity contribution >= 4 is 23.4 Å². The molecule has 0 bridgehead atoms. The molecule has 0 spiro atoms. The van der Waals surface area contributed by atoms with Crippen molar-refractivity contribution in [3.8, 4) is 0 Å². The second-order valence-electron chi connectivity index (χ2n) is 9.90. The molecule has 2 fully saturated rings. The third kappa shape index (κ3) is 5.61. The van der Waals surface area contributed by atoms with Gasteiger partial charge in [0.15, 0.2) is 0 Å². The average Bonchev–Trinajstić information content (AvgIpc) is 3.14. The van der Waals surface area contributed by atoms with E-state index in [2.05, 4.69) is 10.6 Å². The molecule has 35 heavy (non-hydrogen) atoms. The van der Waals surface area contributed by atoms with E-state index >= 15 is 0 Å². The van der Waals surface area contributed by atoms with Crippen LogP contribution in [-0.4, -0.2) is 58.1 Å². The Morgan fingerprint density at radius 2 is 1.91 bits per heavy atom. The Balaban J connectivity index is 1.54. The van der Waals surface area contributed by atoms with E-state index in [0.29, 0.717) is 42.5 Å². The van der Waals surface area contributed by atoms with E-state index in [1.165, 1.54) is 4.90 Å². The second kappa shape index (κ2) is 9.77. The van der Waals surface area contributed by atoms with Gasteiger partial charge in [0.2, 0.25) is 11.8 Å². The quantitative estimate of drug-likeness (QED) is 0.430. The number of nitrogens with zero attached hydrogens (tertiary/aromatic N) is 1. The minimum Gasteiger partial charge on any atom is -0.389 e. The summed E-state index contributed by atoms with van der Waals surface area (Å²) < 4.78 is 39.3. The number of fused-ring (bicyclic) bond motifs is 1. The van der Waals surface area contributed by atoms with Gasteiger partial charge in [-0.05, 0) is 56.6 Å². The van der Waals surface area contributed by atoms with Crippen molar-refractivity contribution in [3.63, 3.8) is 0 Å². The summed E-state index contributed by atoms with van der Waals surface area (Å²) in [7, 11) is 0. The Morgan fingerprint density at radius 1 is 1.20 bits per heavy atom. The molecule has 8 nitrogen and oxygen atoms in total. The molecule has 3 amide bonds. The van der Waals surface area contributed by atoms with Crippen LogP contribution in [0.3, 0.4) is 0 Å². The van der Waals surface area contributed by atoms with Gasteiger partial charge >= 0.3 is 6.18 Å². The van der Waals surface area contributed by atoms with Gasteiger partial charge in [0, 0.05) is 48.8 Å². The number of carbonyl (C=O) groups is 3. The number of halogens is 3. The lowest BCUT2D eigenvalue weighted by Crippen LogP contribution is -2.52. The SMILES string of the molecule is NCC1(O)CCC([C@@H](CCC(F)(F)F)Nc2cccc3c2CN([C@@H]2CCC(=O)NC2=O)C3=O)CC1. The maximum atomic E-state index is 13.1. The smallest absolute Gasteiger partial charge is 0.389 e. The van der Waals surface area contributed by atoms with E-state index < -0.39 is 36.2 Å². The van der Waals surface area contributed by atoms with Crippen molar-refractivity contribution in [2.24, 2.45) is 11.7 Å². The number of carbonyl (C=O) groups excluding carboxylic acids is 3. The summed E-state index contributed by atoms with van der Waals surface area (Å²) in [5, 5.41) is 16.0.